The quantitative estimate of drug-likeness (QED) is 0.846. The fraction of sp³-hybridized carbons (Fsp3) is 0.455. The molecule has 1 aliphatic rings. The summed E-state index contributed by atoms with van der Waals surface area (Å²) in [6.45, 7) is 1.26. The summed E-state index contributed by atoms with van der Waals surface area (Å²) in [5.74, 6) is 0. The highest BCUT2D eigenvalue weighted by molar-refractivity contribution is 7.92. The lowest BCUT2D eigenvalue weighted by Crippen LogP contribution is -2.21. The van der Waals surface area contributed by atoms with Gasteiger partial charge in [0.15, 0.2) is 9.84 Å². The molecule has 0 radical (unpaired) electrons. The van der Waals surface area contributed by atoms with Crippen molar-refractivity contribution in [2.75, 3.05) is 13.2 Å². The molecule has 1 aromatic carbocycles. The summed E-state index contributed by atoms with van der Waals surface area (Å²) in [6, 6.07) is 6.75. The highest BCUT2D eigenvalue weighted by atomic mass is 32.2. The first-order chi connectivity index (χ1) is 7.64. The van der Waals surface area contributed by atoms with Gasteiger partial charge in [-0.25, -0.2) is 8.42 Å². The molecule has 1 saturated heterocycles. The van der Waals surface area contributed by atoms with Gasteiger partial charge >= 0.3 is 0 Å². The molecule has 1 aromatic rings. The summed E-state index contributed by atoms with van der Waals surface area (Å²) in [5.41, 5.74) is 6.39. The Bertz CT molecular complexity index is 447. The zero-order chi connectivity index (χ0) is 11.6. The van der Waals surface area contributed by atoms with E-state index in [9.17, 15) is 8.42 Å². The fourth-order valence-corrected chi connectivity index (χ4v) is 3.35. The zero-order valence-corrected chi connectivity index (χ0v) is 9.74. The summed E-state index contributed by atoms with van der Waals surface area (Å²) in [5, 5.41) is -0.392. The predicted octanol–water partition coefficient (Wildman–Crippen LogP) is 0.708. The molecule has 0 unspecified atom stereocenters. The minimum atomic E-state index is -3.23. The Kier molecular flexibility index (Phi) is 3.28. The first kappa shape index (κ1) is 11.6. The highest BCUT2D eigenvalue weighted by Crippen LogP contribution is 2.22. The highest BCUT2D eigenvalue weighted by Gasteiger charge is 2.30. The summed E-state index contributed by atoms with van der Waals surface area (Å²) in [4.78, 5) is 0.361. The predicted molar refractivity (Wildman–Crippen MR) is 60.7 cm³/mol. The maximum atomic E-state index is 12.1. The second kappa shape index (κ2) is 4.53. The first-order valence-electron chi connectivity index (χ1n) is 5.25. The number of rotatable bonds is 3. The number of benzene rings is 1. The van der Waals surface area contributed by atoms with Crippen LogP contribution in [-0.2, 0) is 21.1 Å². The van der Waals surface area contributed by atoms with Gasteiger partial charge in [0.2, 0.25) is 0 Å². The van der Waals surface area contributed by atoms with Crippen LogP contribution in [0.15, 0.2) is 29.2 Å². The third-order valence-electron chi connectivity index (χ3n) is 2.81. The molecule has 16 heavy (non-hydrogen) atoms. The van der Waals surface area contributed by atoms with E-state index in [0.717, 1.165) is 5.56 Å². The second-order valence-electron chi connectivity index (χ2n) is 3.88. The van der Waals surface area contributed by atoms with Crippen LogP contribution in [0.3, 0.4) is 0 Å². The van der Waals surface area contributed by atoms with Gasteiger partial charge in [-0.2, -0.15) is 0 Å². The molecule has 2 rings (SSSR count). The second-order valence-corrected chi connectivity index (χ2v) is 6.11. The van der Waals surface area contributed by atoms with Crippen molar-refractivity contribution in [2.45, 2.75) is 23.1 Å². The number of hydrogen-bond acceptors (Lipinski definition) is 4. The largest absolute Gasteiger partial charge is 0.380 e. The molecule has 1 atom stereocenters. The standard InChI is InChI=1S/C11H15NO3S/c12-7-9-1-3-10(4-2-9)16(13,14)11-5-6-15-8-11/h1-4,11H,5-8,12H2/t11-/m1/s1. The van der Waals surface area contributed by atoms with Crippen molar-refractivity contribution in [1.82, 2.24) is 0 Å². The summed E-state index contributed by atoms with van der Waals surface area (Å²) in [6.07, 6.45) is 0.584. The third-order valence-corrected chi connectivity index (χ3v) is 4.99. The molecule has 5 heteroatoms. The van der Waals surface area contributed by atoms with Crippen LogP contribution < -0.4 is 5.73 Å². The Morgan fingerprint density at radius 1 is 1.31 bits per heavy atom. The van der Waals surface area contributed by atoms with Crippen LogP contribution in [0.4, 0.5) is 0 Å². The lowest BCUT2D eigenvalue weighted by Gasteiger charge is -2.10. The van der Waals surface area contributed by atoms with Crippen molar-refractivity contribution < 1.29 is 13.2 Å². The van der Waals surface area contributed by atoms with Gasteiger partial charge in [0.25, 0.3) is 0 Å². The van der Waals surface area contributed by atoms with Gasteiger partial charge in [0.05, 0.1) is 16.8 Å². The van der Waals surface area contributed by atoms with Crippen molar-refractivity contribution >= 4 is 9.84 Å². The van der Waals surface area contributed by atoms with Gasteiger partial charge in [0.1, 0.15) is 0 Å². The van der Waals surface area contributed by atoms with E-state index in [2.05, 4.69) is 0 Å². The molecule has 0 amide bonds. The average Bonchev–Trinajstić information content (AvgIpc) is 2.83. The number of ether oxygens (including phenoxy) is 1. The minimum Gasteiger partial charge on any atom is -0.380 e. The molecule has 2 N–H and O–H groups in total. The van der Waals surface area contributed by atoms with Crippen LogP contribution in [0.25, 0.3) is 0 Å². The maximum absolute atomic E-state index is 12.1. The van der Waals surface area contributed by atoms with Gasteiger partial charge in [-0.1, -0.05) is 12.1 Å². The van der Waals surface area contributed by atoms with E-state index in [4.69, 9.17) is 10.5 Å². The van der Waals surface area contributed by atoms with E-state index in [-0.39, 0.29) is 0 Å². The molecular weight excluding hydrogens is 226 g/mol. The van der Waals surface area contributed by atoms with Crippen molar-refractivity contribution in [3.8, 4) is 0 Å². The van der Waals surface area contributed by atoms with E-state index in [1.807, 2.05) is 0 Å². The summed E-state index contributed by atoms with van der Waals surface area (Å²) >= 11 is 0. The van der Waals surface area contributed by atoms with E-state index < -0.39 is 15.1 Å². The number of sulfone groups is 1. The van der Waals surface area contributed by atoms with Crippen LogP contribution >= 0.6 is 0 Å². The molecule has 0 bridgehead atoms. The van der Waals surface area contributed by atoms with Gasteiger partial charge in [-0.15, -0.1) is 0 Å². The Labute approximate surface area is 95.3 Å². The molecule has 0 aliphatic carbocycles. The fourth-order valence-electron chi connectivity index (χ4n) is 1.77. The third kappa shape index (κ3) is 2.11. The molecule has 1 aliphatic heterocycles. The van der Waals surface area contributed by atoms with Crippen LogP contribution in [0, 0.1) is 0 Å². The Balaban J connectivity index is 2.28. The zero-order valence-electron chi connectivity index (χ0n) is 8.93. The molecule has 4 nitrogen and oxygen atoms in total. The van der Waals surface area contributed by atoms with Gasteiger partial charge in [-0.05, 0) is 24.1 Å². The minimum absolute atomic E-state index is 0.307. The Morgan fingerprint density at radius 3 is 2.50 bits per heavy atom. The Hall–Kier alpha value is -0.910. The van der Waals surface area contributed by atoms with Crippen LogP contribution in [0.1, 0.15) is 12.0 Å². The van der Waals surface area contributed by atoms with Crippen LogP contribution in [0.5, 0.6) is 0 Å². The topological polar surface area (TPSA) is 69.4 Å². The van der Waals surface area contributed by atoms with Crippen LogP contribution in [0.2, 0.25) is 0 Å². The van der Waals surface area contributed by atoms with E-state index >= 15 is 0 Å². The van der Waals surface area contributed by atoms with Gasteiger partial charge < -0.3 is 10.5 Å². The van der Waals surface area contributed by atoms with Crippen molar-refractivity contribution in [2.24, 2.45) is 5.73 Å². The molecule has 0 spiro atoms. The number of hydrogen-bond donors (Lipinski definition) is 1. The molecule has 88 valence electrons. The van der Waals surface area contributed by atoms with Crippen molar-refractivity contribution in [1.29, 1.82) is 0 Å². The van der Waals surface area contributed by atoms with Gasteiger partial charge in [-0.3, -0.25) is 0 Å². The normalized spacial score (nSPS) is 21.2. The summed E-state index contributed by atoms with van der Waals surface area (Å²) < 4.78 is 29.4. The molecule has 0 saturated carbocycles. The van der Waals surface area contributed by atoms with E-state index in [0.29, 0.717) is 31.1 Å². The van der Waals surface area contributed by atoms with Crippen LogP contribution in [-0.4, -0.2) is 26.9 Å². The summed E-state index contributed by atoms with van der Waals surface area (Å²) in [7, 11) is -3.23. The van der Waals surface area contributed by atoms with E-state index in [1.165, 1.54) is 0 Å². The number of nitrogens with two attached hydrogens (primary N) is 1. The smallest absolute Gasteiger partial charge is 0.183 e. The molecule has 0 aromatic heterocycles. The first-order valence-corrected chi connectivity index (χ1v) is 6.80. The van der Waals surface area contributed by atoms with E-state index in [1.54, 1.807) is 24.3 Å². The van der Waals surface area contributed by atoms with Crippen molar-refractivity contribution in [3.63, 3.8) is 0 Å². The van der Waals surface area contributed by atoms with Gasteiger partial charge in [0, 0.05) is 13.2 Å². The molecule has 1 heterocycles. The maximum Gasteiger partial charge on any atom is 0.183 e. The monoisotopic (exact) mass is 241 g/mol. The molecular formula is C11H15NO3S. The SMILES string of the molecule is NCc1ccc(S(=O)(=O)[C@@H]2CCOC2)cc1. The lowest BCUT2D eigenvalue weighted by molar-refractivity contribution is 0.198. The van der Waals surface area contributed by atoms with Crippen molar-refractivity contribution in [3.05, 3.63) is 29.8 Å². The molecule has 1 fully saturated rings. The lowest BCUT2D eigenvalue weighted by atomic mass is 10.2. The average molecular weight is 241 g/mol. The Morgan fingerprint density at radius 2 is 2.00 bits per heavy atom.